The maximum atomic E-state index is 4.99. The van der Waals surface area contributed by atoms with Crippen molar-refractivity contribution >= 4 is 37.7 Å². The number of nitrogens with one attached hydrogen (secondary N) is 2. The van der Waals surface area contributed by atoms with Crippen molar-refractivity contribution in [3.05, 3.63) is 64.8 Å². The average molecular weight is 421 g/mol. The molecular weight excluding hydrogens is 400 g/mol. The highest BCUT2D eigenvalue weighted by atomic mass is 79.9. The predicted octanol–water partition coefficient (Wildman–Crippen LogP) is 4.55. The molecule has 0 bridgehead atoms. The minimum atomic E-state index is 0.962. The van der Waals surface area contributed by atoms with Crippen LogP contribution in [-0.4, -0.2) is 41.0 Å². The van der Waals surface area contributed by atoms with E-state index in [-0.39, 0.29) is 0 Å². The van der Waals surface area contributed by atoms with Crippen LogP contribution in [0.2, 0.25) is 0 Å². The number of nitrogens with zero attached hydrogens (tertiary/aromatic N) is 2. The highest BCUT2D eigenvalue weighted by molar-refractivity contribution is 9.10. The smallest absolute Gasteiger partial charge is 0.0734 e. The van der Waals surface area contributed by atoms with Crippen LogP contribution in [0.25, 0.3) is 33.1 Å². The Labute approximate surface area is 166 Å². The van der Waals surface area contributed by atoms with E-state index < -0.39 is 0 Å². The van der Waals surface area contributed by atoms with Crippen LogP contribution in [0.5, 0.6) is 0 Å². The number of piperazine rings is 1. The molecule has 136 valence electrons. The number of aromatic amines is 1. The van der Waals surface area contributed by atoms with E-state index in [1.807, 2.05) is 0 Å². The number of rotatable bonds is 3. The lowest BCUT2D eigenvalue weighted by Crippen LogP contribution is -2.42. The molecule has 4 aromatic rings. The van der Waals surface area contributed by atoms with Gasteiger partial charge >= 0.3 is 0 Å². The summed E-state index contributed by atoms with van der Waals surface area (Å²) in [5, 5.41) is 5.88. The molecule has 4 nitrogen and oxygen atoms in total. The van der Waals surface area contributed by atoms with Gasteiger partial charge in [-0.2, -0.15) is 0 Å². The van der Waals surface area contributed by atoms with Gasteiger partial charge in [0, 0.05) is 65.2 Å². The molecule has 5 rings (SSSR count). The standard InChI is InChI=1S/C22H21BrN4/c23-16-5-6-20-18(12-16)19(13-25-20)22-11-15(14-27-9-7-24-8-10-27)17-3-1-2-4-21(17)26-22/h1-6,11-13,24-25H,7-10,14H2. The molecule has 2 aromatic heterocycles. The van der Waals surface area contributed by atoms with E-state index in [4.69, 9.17) is 4.98 Å². The molecule has 1 aliphatic heterocycles. The third kappa shape index (κ3) is 3.27. The highest BCUT2D eigenvalue weighted by Gasteiger charge is 2.15. The number of fused-ring (bicyclic) bond motifs is 2. The SMILES string of the molecule is Brc1ccc2[nH]cc(-c3cc(CN4CCNCC4)c4ccccc4n3)c2c1. The van der Waals surface area contributed by atoms with Crippen molar-refractivity contribution in [3.8, 4) is 11.3 Å². The zero-order chi connectivity index (χ0) is 18.2. The lowest BCUT2D eigenvalue weighted by Gasteiger charge is -2.27. The molecule has 0 unspecified atom stereocenters. The Bertz CT molecular complexity index is 1110. The van der Waals surface area contributed by atoms with Crippen molar-refractivity contribution in [1.29, 1.82) is 0 Å². The molecule has 2 N–H and O–H groups in total. The van der Waals surface area contributed by atoms with Gasteiger partial charge < -0.3 is 10.3 Å². The van der Waals surface area contributed by atoms with Gasteiger partial charge in [0.1, 0.15) is 0 Å². The molecule has 2 aromatic carbocycles. The van der Waals surface area contributed by atoms with Crippen molar-refractivity contribution in [2.24, 2.45) is 0 Å². The molecule has 1 saturated heterocycles. The summed E-state index contributed by atoms with van der Waals surface area (Å²) in [7, 11) is 0. The number of hydrogen-bond acceptors (Lipinski definition) is 3. The maximum absolute atomic E-state index is 4.99. The Kier molecular flexibility index (Phi) is 4.44. The minimum absolute atomic E-state index is 0.962. The Morgan fingerprint density at radius 3 is 2.74 bits per heavy atom. The first-order valence-electron chi connectivity index (χ1n) is 9.37. The van der Waals surface area contributed by atoms with Crippen LogP contribution < -0.4 is 5.32 Å². The van der Waals surface area contributed by atoms with E-state index in [1.54, 1.807) is 0 Å². The summed E-state index contributed by atoms with van der Waals surface area (Å²) in [6.07, 6.45) is 2.07. The van der Waals surface area contributed by atoms with Crippen LogP contribution in [-0.2, 0) is 6.54 Å². The van der Waals surface area contributed by atoms with Crippen molar-refractivity contribution in [1.82, 2.24) is 20.2 Å². The normalized spacial score (nSPS) is 15.6. The molecule has 0 radical (unpaired) electrons. The third-order valence-electron chi connectivity index (χ3n) is 5.33. The summed E-state index contributed by atoms with van der Waals surface area (Å²) in [5.41, 5.74) is 5.72. The van der Waals surface area contributed by atoms with Crippen LogP contribution in [0.1, 0.15) is 5.56 Å². The summed E-state index contributed by atoms with van der Waals surface area (Å²) in [6.45, 7) is 5.26. The van der Waals surface area contributed by atoms with E-state index in [2.05, 4.69) is 85.9 Å². The molecule has 1 fully saturated rings. The Morgan fingerprint density at radius 1 is 1.00 bits per heavy atom. The quantitative estimate of drug-likeness (QED) is 0.510. The molecule has 0 atom stereocenters. The monoisotopic (exact) mass is 420 g/mol. The van der Waals surface area contributed by atoms with E-state index in [1.165, 1.54) is 16.3 Å². The zero-order valence-electron chi connectivity index (χ0n) is 15.0. The summed E-state index contributed by atoms with van der Waals surface area (Å²) in [6, 6.07) is 17.1. The first-order valence-corrected chi connectivity index (χ1v) is 10.2. The van der Waals surface area contributed by atoms with Gasteiger partial charge in [-0.05, 0) is 35.9 Å². The summed E-state index contributed by atoms with van der Waals surface area (Å²) in [4.78, 5) is 10.9. The van der Waals surface area contributed by atoms with Crippen LogP contribution >= 0.6 is 15.9 Å². The first-order chi connectivity index (χ1) is 13.3. The van der Waals surface area contributed by atoms with Crippen molar-refractivity contribution in [3.63, 3.8) is 0 Å². The van der Waals surface area contributed by atoms with Crippen LogP contribution in [0.3, 0.4) is 0 Å². The first kappa shape index (κ1) is 16.9. The van der Waals surface area contributed by atoms with Gasteiger partial charge in [-0.15, -0.1) is 0 Å². The number of halogens is 1. The second-order valence-corrected chi connectivity index (χ2v) is 8.02. The average Bonchev–Trinajstić information content (AvgIpc) is 3.12. The van der Waals surface area contributed by atoms with Crippen molar-refractivity contribution in [2.75, 3.05) is 26.2 Å². The van der Waals surface area contributed by atoms with Crippen molar-refractivity contribution in [2.45, 2.75) is 6.54 Å². The fraction of sp³-hybridized carbons (Fsp3) is 0.227. The fourth-order valence-corrected chi connectivity index (χ4v) is 4.29. The molecule has 1 aliphatic rings. The number of aromatic nitrogens is 2. The number of pyridine rings is 1. The van der Waals surface area contributed by atoms with Gasteiger partial charge in [-0.3, -0.25) is 4.90 Å². The molecule has 0 aliphatic carbocycles. The molecule has 0 saturated carbocycles. The van der Waals surface area contributed by atoms with Gasteiger partial charge in [0.2, 0.25) is 0 Å². The summed E-state index contributed by atoms with van der Waals surface area (Å²) in [5.74, 6) is 0. The number of hydrogen-bond donors (Lipinski definition) is 2. The van der Waals surface area contributed by atoms with Gasteiger partial charge in [-0.1, -0.05) is 34.1 Å². The molecule has 27 heavy (non-hydrogen) atoms. The highest BCUT2D eigenvalue weighted by Crippen LogP contribution is 2.32. The summed E-state index contributed by atoms with van der Waals surface area (Å²) < 4.78 is 1.08. The minimum Gasteiger partial charge on any atom is -0.360 e. The van der Waals surface area contributed by atoms with Gasteiger partial charge in [0.15, 0.2) is 0 Å². The van der Waals surface area contributed by atoms with Gasteiger partial charge in [0.05, 0.1) is 11.2 Å². The van der Waals surface area contributed by atoms with E-state index >= 15 is 0 Å². The Balaban J connectivity index is 1.64. The maximum Gasteiger partial charge on any atom is 0.0734 e. The lowest BCUT2D eigenvalue weighted by molar-refractivity contribution is 0.234. The zero-order valence-corrected chi connectivity index (χ0v) is 16.6. The number of benzene rings is 2. The fourth-order valence-electron chi connectivity index (χ4n) is 3.93. The molecule has 0 spiro atoms. The largest absolute Gasteiger partial charge is 0.360 e. The lowest BCUT2D eigenvalue weighted by atomic mass is 10.0. The molecular formula is C22H21BrN4. The predicted molar refractivity (Wildman–Crippen MR) is 115 cm³/mol. The summed E-state index contributed by atoms with van der Waals surface area (Å²) >= 11 is 3.60. The van der Waals surface area contributed by atoms with E-state index in [0.717, 1.165) is 59.5 Å². The van der Waals surface area contributed by atoms with Crippen molar-refractivity contribution < 1.29 is 0 Å². The van der Waals surface area contributed by atoms with Gasteiger partial charge in [0.25, 0.3) is 0 Å². The van der Waals surface area contributed by atoms with Gasteiger partial charge in [-0.25, -0.2) is 4.98 Å². The van der Waals surface area contributed by atoms with Crippen LogP contribution in [0.4, 0.5) is 0 Å². The molecule has 0 amide bonds. The second kappa shape index (κ2) is 7.08. The Morgan fingerprint density at radius 2 is 1.85 bits per heavy atom. The number of H-pyrrole nitrogens is 1. The topological polar surface area (TPSA) is 44.0 Å². The Hall–Kier alpha value is -2.21. The molecule has 3 heterocycles. The van der Waals surface area contributed by atoms with Crippen LogP contribution in [0, 0.1) is 0 Å². The van der Waals surface area contributed by atoms with E-state index in [9.17, 15) is 0 Å². The molecule has 5 heteroatoms. The number of para-hydroxylation sites is 1. The van der Waals surface area contributed by atoms with Crippen LogP contribution in [0.15, 0.2) is 59.2 Å². The third-order valence-corrected chi connectivity index (χ3v) is 5.82. The van der Waals surface area contributed by atoms with E-state index in [0.29, 0.717) is 0 Å². The second-order valence-electron chi connectivity index (χ2n) is 7.10.